The molecule has 1 saturated carbocycles. The molecule has 1 fully saturated rings. The molecule has 88 valence electrons. The number of rotatable bonds is 5. The van der Waals surface area contributed by atoms with E-state index in [0.717, 1.165) is 32.6 Å². The van der Waals surface area contributed by atoms with Crippen molar-refractivity contribution >= 4 is 16.0 Å². The van der Waals surface area contributed by atoms with Gasteiger partial charge in [0.1, 0.15) is 0 Å². The van der Waals surface area contributed by atoms with Crippen molar-refractivity contribution in [2.75, 3.05) is 0 Å². The summed E-state index contributed by atoms with van der Waals surface area (Å²) in [5, 5.41) is 7.03. The summed E-state index contributed by atoms with van der Waals surface area (Å²) >= 11 is 0. The average Bonchev–Trinajstić information content (AvgIpc) is 2.66. The van der Waals surface area contributed by atoms with Crippen LogP contribution in [-0.4, -0.2) is 30.8 Å². The first-order chi connectivity index (χ1) is 6.93. The van der Waals surface area contributed by atoms with Crippen molar-refractivity contribution in [3.05, 3.63) is 0 Å². The van der Waals surface area contributed by atoms with Gasteiger partial charge in [-0.15, -0.1) is 0 Å². The Kier molecular flexibility index (Phi) is 4.06. The molecule has 6 nitrogen and oxygen atoms in total. The number of sulfonamides is 1. The smallest absolute Gasteiger partial charge is 0.323 e. The lowest BCUT2D eigenvalue weighted by molar-refractivity contribution is -0.136. The van der Waals surface area contributed by atoms with Gasteiger partial charge in [-0.3, -0.25) is 9.63 Å². The van der Waals surface area contributed by atoms with Gasteiger partial charge in [0.15, 0.2) is 5.25 Å². The maximum atomic E-state index is 11.3. The van der Waals surface area contributed by atoms with Crippen molar-refractivity contribution < 1.29 is 23.2 Å². The molecule has 15 heavy (non-hydrogen) atoms. The minimum Gasteiger partial charge on any atom is -0.480 e. The molecule has 0 saturated heterocycles. The molecule has 0 aromatic rings. The number of carbonyl (C=O) groups is 1. The van der Waals surface area contributed by atoms with E-state index < -0.39 is 21.2 Å². The number of aliphatic carboxylic acids is 1. The first-order valence-corrected chi connectivity index (χ1v) is 6.37. The third-order valence-electron chi connectivity index (χ3n) is 2.45. The molecule has 1 atom stereocenters. The number of hydrogen-bond donors (Lipinski definition) is 2. The van der Waals surface area contributed by atoms with Gasteiger partial charge >= 0.3 is 5.97 Å². The lowest BCUT2D eigenvalue weighted by Gasteiger charge is -2.13. The lowest BCUT2D eigenvalue weighted by Crippen LogP contribution is -2.39. The number of hydrogen-bond acceptors (Lipinski definition) is 4. The first-order valence-electron chi connectivity index (χ1n) is 4.82. The van der Waals surface area contributed by atoms with E-state index in [1.807, 2.05) is 4.89 Å². The minimum atomic E-state index is -3.92. The van der Waals surface area contributed by atoms with E-state index >= 15 is 0 Å². The van der Waals surface area contributed by atoms with E-state index in [9.17, 15) is 13.2 Å². The van der Waals surface area contributed by atoms with Crippen LogP contribution in [0.25, 0.3) is 0 Å². The van der Waals surface area contributed by atoms with Gasteiger partial charge in [-0.25, -0.2) is 8.42 Å². The largest absolute Gasteiger partial charge is 0.480 e. The maximum Gasteiger partial charge on any atom is 0.323 e. The minimum absolute atomic E-state index is 0.124. The Balaban J connectivity index is 2.45. The Bertz CT molecular complexity index is 320. The van der Waals surface area contributed by atoms with Crippen LogP contribution in [0.3, 0.4) is 0 Å². The van der Waals surface area contributed by atoms with Gasteiger partial charge < -0.3 is 5.11 Å². The normalized spacial score (nSPS) is 20.3. The van der Waals surface area contributed by atoms with Gasteiger partial charge in [0.2, 0.25) is 10.0 Å². The monoisotopic (exact) mass is 237 g/mol. The van der Waals surface area contributed by atoms with Crippen LogP contribution in [0, 0.1) is 0 Å². The van der Waals surface area contributed by atoms with Crippen LogP contribution in [0.1, 0.15) is 32.6 Å². The molecule has 0 aromatic carbocycles. The van der Waals surface area contributed by atoms with Crippen molar-refractivity contribution in [3.8, 4) is 0 Å². The summed E-state index contributed by atoms with van der Waals surface area (Å²) in [5.74, 6) is -1.39. The molecule has 2 N–H and O–H groups in total. The molecule has 0 spiro atoms. The van der Waals surface area contributed by atoms with Crippen molar-refractivity contribution in [2.24, 2.45) is 0 Å². The SMILES string of the molecule is CC(C(=O)O)S(=O)(=O)NOC1CCCC1. The van der Waals surface area contributed by atoms with Gasteiger partial charge in [-0.2, -0.15) is 0 Å². The molecule has 0 aromatic heterocycles. The van der Waals surface area contributed by atoms with Crippen LogP contribution in [0.4, 0.5) is 0 Å². The van der Waals surface area contributed by atoms with E-state index in [4.69, 9.17) is 9.94 Å². The fourth-order valence-electron chi connectivity index (χ4n) is 1.35. The molecule has 1 unspecified atom stereocenters. The molecule has 0 radical (unpaired) electrons. The fraction of sp³-hybridized carbons (Fsp3) is 0.875. The van der Waals surface area contributed by atoms with Crippen LogP contribution in [-0.2, 0) is 19.7 Å². The van der Waals surface area contributed by atoms with E-state index in [1.54, 1.807) is 0 Å². The van der Waals surface area contributed by atoms with E-state index in [2.05, 4.69) is 0 Å². The Morgan fingerprint density at radius 1 is 1.47 bits per heavy atom. The average molecular weight is 237 g/mol. The van der Waals surface area contributed by atoms with Crippen molar-refractivity contribution in [1.29, 1.82) is 0 Å². The lowest BCUT2D eigenvalue weighted by atomic mass is 10.3. The van der Waals surface area contributed by atoms with Crippen LogP contribution in [0.2, 0.25) is 0 Å². The van der Waals surface area contributed by atoms with Crippen molar-refractivity contribution in [2.45, 2.75) is 44.0 Å². The van der Waals surface area contributed by atoms with Gasteiger partial charge in [-0.1, -0.05) is 17.7 Å². The molecule has 1 aliphatic rings. The van der Waals surface area contributed by atoms with Gasteiger partial charge in [-0.05, 0) is 19.8 Å². The molecule has 1 aliphatic carbocycles. The van der Waals surface area contributed by atoms with Crippen LogP contribution in [0.5, 0.6) is 0 Å². The summed E-state index contributed by atoms with van der Waals surface area (Å²) in [6, 6.07) is 0. The third-order valence-corrected chi connectivity index (χ3v) is 3.91. The summed E-state index contributed by atoms with van der Waals surface area (Å²) in [6.07, 6.45) is 3.52. The second kappa shape index (κ2) is 4.91. The molecule has 0 amide bonds. The Hall–Kier alpha value is -0.660. The van der Waals surface area contributed by atoms with E-state index in [1.165, 1.54) is 0 Å². The highest BCUT2D eigenvalue weighted by Gasteiger charge is 2.29. The van der Waals surface area contributed by atoms with Crippen molar-refractivity contribution in [1.82, 2.24) is 4.89 Å². The van der Waals surface area contributed by atoms with Gasteiger partial charge in [0, 0.05) is 0 Å². The molecular formula is C8H15NO5S. The zero-order chi connectivity index (χ0) is 11.5. The summed E-state index contributed by atoms with van der Waals surface area (Å²) in [4.78, 5) is 17.3. The number of carboxylic acid groups (broad SMARTS) is 1. The second-order valence-electron chi connectivity index (χ2n) is 3.63. The van der Waals surface area contributed by atoms with Crippen LogP contribution in [0.15, 0.2) is 0 Å². The third kappa shape index (κ3) is 3.44. The second-order valence-corrected chi connectivity index (χ2v) is 5.60. The quantitative estimate of drug-likeness (QED) is 0.669. The predicted molar refractivity (Wildman–Crippen MR) is 52.5 cm³/mol. The molecule has 0 aliphatic heterocycles. The molecule has 0 heterocycles. The number of carboxylic acids is 1. The zero-order valence-electron chi connectivity index (χ0n) is 8.47. The van der Waals surface area contributed by atoms with Gasteiger partial charge in [0.25, 0.3) is 0 Å². The van der Waals surface area contributed by atoms with E-state index in [0.29, 0.717) is 0 Å². The molecular weight excluding hydrogens is 222 g/mol. The van der Waals surface area contributed by atoms with E-state index in [-0.39, 0.29) is 6.10 Å². The topological polar surface area (TPSA) is 92.7 Å². The fourth-order valence-corrected chi connectivity index (χ4v) is 2.03. The predicted octanol–water partition coefficient (Wildman–Crippen LogP) is 0.253. The standard InChI is InChI=1S/C8H15NO5S/c1-6(8(10)11)15(12,13)9-14-7-4-2-3-5-7/h6-7,9H,2-5H2,1H3,(H,10,11). The summed E-state index contributed by atoms with van der Waals surface area (Å²) < 4.78 is 22.6. The highest BCUT2D eigenvalue weighted by atomic mass is 32.2. The highest BCUT2D eigenvalue weighted by molar-refractivity contribution is 7.90. The Labute approximate surface area is 88.6 Å². The summed E-state index contributed by atoms with van der Waals surface area (Å²) in [7, 11) is -3.92. The Morgan fingerprint density at radius 3 is 2.47 bits per heavy atom. The van der Waals surface area contributed by atoms with Crippen LogP contribution >= 0.6 is 0 Å². The summed E-state index contributed by atoms with van der Waals surface area (Å²) in [5.41, 5.74) is 0. The molecule has 1 rings (SSSR count). The zero-order valence-corrected chi connectivity index (χ0v) is 9.29. The van der Waals surface area contributed by atoms with Gasteiger partial charge in [0.05, 0.1) is 6.10 Å². The summed E-state index contributed by atoms with van der Waals surface area (Å²) in [6.45, 7) is 1.10. The number of nitrogens with one attached hydrogen (secondary N) is 1. The maximum absolute atomic E-state index is 11.3. The highest BCUT2D eigenvalue weighted by Crippen LogP contribution is 2.20. The Morgan fingerprint density at radius 2 is 2.00 bits per heavy atom. The first kappa shape index (κ1) is 12.4. The van der Waals surface area contributed by atoms with Crippen LogP contribution < -0.4 is 4.89 Å². The molecule has 0 bridgehead atoms. The molecule has 7 heteroatoms. The van der Waals surface area contributed by atoms with Crippen molar-refractivity contribution in [3.63, 3.8) is 0 Å².